The molecule has 6 heteroatoms. The monoisotopic (exact) mass is 305 g/mol. The molecule has 0 N–H and O–H groups in total. The van der Waals surface area contributed by atoms with E-state index in [0.29, 0.717) is 11.5 Å². The van der Waals surface area contributed by atoms with Crippen LogP contribution in [0.3, 0.4) is 0 Å². The zero-order valence-electron chi connectivity index (χ0n) is 10.9. The van der Waals surface area contributed by atoms with E-state index in [4.69, 9.17) is 11.6 Å². The van der Waals surface area contributed by atoms with E-state index in [1.54, 1.807) is 6.07 Å². The summed E-state index contributed by atoms with van der Waals surface area (Å²) in [6.07, 6.45) is 2.07. The smallest absolute Gasteiger partial charge is 0.207 e. The van der Waals surface area contributed by atoms with Gasteiger partial charge in [0.15, 0.2) is 0 Å². The van der Waals surface area contributed by atoms with Crippen molar-refractivity contribution in [3.05, 3.63) is 29.6 Å². The fourth-order valence-electron chi connectivity index (χ4n) is 2.09. The summed E-state index contributed by atoms with van der Waals surface area (Å²) in [5.41, 5.74) is 0.566. The first kappa shape index (κ1) is 14.8. The molecule has 1 unspecified atom stereocenters. The van der Waals surface area contributed by atoms with E-state index < -0.39 is 15.8 Å². The zero-order valence-corrected chi connectivity index (χ0v) is 12.5. The van der Waals surface area contributed by atoms with E-state index in [9.17, 15) is 12.8 Å². The molecular weight excluding hydrogens is 289 g/mol. The van der Waals surface area contributed by atoms with Crippen LogP contribution in [-0.4, -0.2) is 25.8 Å². The normalized spacial score (nSPS) is 17.7. The Balaban J connectivity index is 2.33. The summed E-state index contributed by atoms with van der Waals surface area (Å²) in [5.74, 6) is -0.191. The maximum absolute atomic E-state index is 13.9. The summed E-state index contributed by atoms with van der Waals surface area (Å²) in [7, 11) is -2.28. The van der Waals surface area contributed by atoms with Crippen molar-refractivity contribution in [1.29, 1.82) is 0 Å². The summed E-state index contributed by atoms with van der Waals surface area (Å²) in [4.78, 5) is -0.281. The average molecular weight is 306 g/mol. The molecule has 3 nitrogen and oxygen atoms in total. The number of rotatable bonds is 5. The number of alkyl halides is 1. The van der Waals surface area contributed by atoms with Crippen molar-refractivity contribution in [3.8, 4) is 0 Å². The van der Waals surface area contributed by atoms with Crippen LogP contribution in [0.2, 0.25) is 0 Å². The second-order valence-electron chi connectivity index (χ2n) is 5.00. The van der Waals surface area contributed by atoms with Crippen molar-refractivity contribution in [1.82, 2.24) is 4.31 Å². The van der Waals surface area contributed by atoms with Crippen LogP contribution in [0.25, 0.3) is 0 Å². The van der Waals surface area contributed by atoms with E-state index in [2.05, 4.69) is 0 Å². The molecule has 1 atom stereocenters. The van der Waals surface area contributed by atoms with E-state index in [0.717, 1.165) is 12.8 Å². The van der Waals surface area contributed by atoms with Gasteiger partial charge in [-0.05, 0) is 43.4 Å². The van der Waals surface area contributed by atoms with Crippen LogP contribution in [0.4, 0.5) is 4.39 Å². The molecule has 0 bridgehead atoms. The van der Waals surface area contributed by atoms with E-state index >= 15 is 0 Å². The average Bonchev–Trinajstić information content (AvgIpc) is 3.20. The molecule has 19 heavy (non-hydrogen) atoms. The highest BCUT2D eigenvalue weighted by Crippen LogP contribution is 2.36. The number of hydrogen-bond donors (Lipinski definition) is 0. The lowest BCUT2D eigenvalue weighted by Gasteiger charge is -2.24. The van der Waals surface area contributed by atoms with Crippen LogP contribution in [0.1, 0.15) is 25.3 Å². The van der Waals surface area contributed by atoms with E-state index in [1.807, 2.05) is 6.92 Å². The molecule has 1 aromatic rings. The minimum absolute atomic E-state index is 0.0999. The highest BCUT2D eigenvalue weighted by Gasteiger charge is 2.36. The minimum Gasteiger partial charge on any atom is -0.207 e. The summed E-state index contributed by atoms with van der Waals surface area (Å²) >= 11 is 5.60. The quantitative estimate of drug-likeness (QED) is 0.784. The Morgan fingerprint density at radius 3 is 2.58 bits per heavy atom. The molecule has 0 aromatic heterocycles. The third-order valence-corrected chi connectivity index (χ3v) is 5.97. The number of halogens is 2. The van der Waals surface area contributed by atoms with Crippen molar-refractivity contribution < 1.29 is 12.8 Å². The minimum atomic E-state index is -3.78. The number of sulfonamides is 1. The molecule has 1 fully saturated rings. The molecular formula is C13H17ClFNO2S. The standard InChI is InChI=1S/C13H17ClFNO2S/c1-9(11-4-5-11)16(2)19(17,18)13-6-3-10(8-14)7-12(13)15/h3,6-7,9,11H,4-5,8H2,1-2H3. The summed E-state index contributed by atoms with van der Waals surface area (Å²) in [6.45, 7) is 1.86. The highest BCUT2D eigenvalue weighted by atomic mass is 35.5. The van der Waals surface area contributed by atoms with Gasteiger partial charge in [0.2, 0.25) is 10.0 Å². The highest BCUT2D eigenvalue weighted by molar-refractivity contribution is 7.89. The lowest BCUT2D eigenvalue weighted by molar-refractivity contribution is 0.355. The molecule has 1 aromatic carbocycles. The Bertz CT molecular complexity index is 572. The van der Waals surface area contributed by atoms with Gasteiger partial charge in [0, 0.05) is 19.0 Å². The number of nitrogens with zero attached hydrogens (tertiary/aromatic N) is 1. The summed E-state index contributed by atoms with van der Waals surface area (Å²) < 4.78 is 39.9. The Labute approximate surface area is 118 Å². The SMILES string of the molecule is CC(C1CC1)N(C)S(=O)(=O)c1ccc(CCl)cc1F. The van der Waals surface area contributed by atoms with Crippen molar-refractivity contribution >= 4 is 21.6 Å². The van der Waals surface area contributed by atoms with Gasteiger partial charge < -0.3 is 0 Å². The van der Waals surface area contributed by atoms with Gasteiger partial charge in [-0.2, -0.15) is 4.31 Å². The molecule has 0 radical (unpaired) electrons. The first-order valence-corrected chi connectivity index (χ1v) is 8.18. The van der Waals surface area contributed by atoms with Crippen LogP contribution in [0.15, 0.2) is 23.1 Å². The molecule has 0 amide bonds. The Morgan fingerprint density at radius 1 is 1.47 bits per heavy atom. The lowest BCUT2D eigenvalue weighted by atomic mass is 10.2. The van der Waals surface area contributed by atoms with Gasteiger partial charge in [0.05, 0.1) is 0 Å². The third-order valence-electron chi connectivity index (χ3n) is 3.69. The van der Waals surface area contributed by atoms with Gasteiger partial charge in [0.1, 0.15) is 10.7 Å². The topological polar surface area (TPSA) is 37.4 Å². The van der Waals surface area contributed by atoms with E-state index in [1.165, 1.54) is 23.5 Å². The van der Waals surface area contributed by atoms with E-state index in [-0.39, 0.29) is 16.8 Å². The first-order valence-electron chi connectivity index (χ1n) is 6.20. The van der Waals surface area contributed by atoms with Crippen molar-refractivity contribution in [3.63, 3.8) is 0 Å². The molecule has 0 aliphatic heterocycles. The van der Waals surface area contributed by atoms with Gasteiger partial charge in [-0.3, -0.25) is 0 Å². The molecule has 1 aliphatic rings. The Morgan fingerprint density at radius 2 is 2.11 bits per heavy atom. The van der Waals surface area contributed by atoms with Crippen LogP contribution in [0, 0.1) is 11.7 Å². The molecule has 0 spiro atoms. The fraction of sp³-hybridized carbons (Fsp3) is 0.538. The van der Waals surface area contributed by atoms with Crippen LogP contribution < -0.4 is 0 Å². The Hall–Kier alpha value is -0.650. The predicted octanol–water partition coefficient (Wildman–Crippen LogP) is 2.98. The number of benzene rings is 1. The fourth-order valence-corrected chi connectivity index (χ4v) is 3.72. The molecule has 1 aliphatic carbocycles. The molecule has 0 heterocycles. The molecule has 1 saturated carbocycles. The third kappa shape index (κ3) is 2.93. The van der Waals surface area contributed by atoms with Gasteiger partial charge in [-0.15, -0.1) is 11.6 Å². The van der Waals surface area contributed by atoms with Crippen LogP contribution in [-0.2, 0) is 15.9 Å². The second-order valence-corrected chi connectivity index (χ2v) is 7.23. The summed E-state index contributed by atoms with van der Waals surface area (Å²) in [5, 5.41) is 0. The van der Waals surface area contributed by atoms with Crippen molar-refractivity contribution in [2.24, 2.45) is 5.92 Å². The maximum Gasteiger partial charge on any atom is 0.245 e. The number of hydrogen-bond acceptors (Lipinski definition) is 2. The van der Waals surface area contributed by atoms with Crippen LogP contribution in [0.5, 0.6) is 0 Å². The lowest BCUT2D eigenvalue weighted by Crippen LogP contribution is -2.36. The predicted molar refractivity (Wildman–Crippen MR) is 73.1 cm³/mol. The van der Waals surface area contributed by atoms with Gasteiger partial charge in [-0.25, -0.2) is 12.8 Å². The van der Waals surface area contributed by atoms with Gasteiger partial charge >= 0.3 is 0 Å². The van der Waals surface area contributed by atoms with Crippen molar-refractivity contribution in [2.75, 3.05) is 7.05 Å². The zero-order chi connectivity index (χ0) is 14.2. The molecule has 2 rings (SSSR count). The first-order chi connectivity index (χ1) is 8.87. The van der Waals surface area contributed by atoms with Crippen molar-refractivity contribution in [2.45, 2.75) is 36.6 Å². The molecule has 106 valence electrons. The summed E-state index contributed by atoms with van der Waals surface area (Å²) in [6, 6.07) is 3.91. The van der Waals surface area contributed by atoms with Gasteiger partial charge in [-0.1, -0.05) is 6.07 Å². The second kappa shape index (κ2) is 5.38. The molecule has 0 saturated heterocycles. The van der Waals surface area contributed by atoms with Gasteiger partial charge in [0.25, 0.3) is 0 Å². The Kier molecular flexibility index (Phi) is 4.18. The van der Waals surface area contributed by atoms with Crippen LogP contribution >= 0.6 is 11.6 Å². The maximum atomic E-state index is 13.9. The largest absolute Gasteiger partial charge is 0.245 e.